The molecule has 10 nitrogen and oxygen atoms in total. The number of anilines is 1. The molecule has 0 saturated heterocycles. The van der Waals surface area contributed by atoms with Crippen LogP contribution < -0.4 is 15.4 Å². The van der Waals surface area contributed by atoms with E-state index in [4.69, 9.17) is 4.74 Å². The fourth-order valence-corrected chi connectivity index (χ4v) is 6.35. The Labute approximate surface area is 259 Å². The Balaban J connectivity index is 1.34. The van der Waals surface area contributed by atoms with Crippen LogP contribution in [0.25, 0.3) is 10.9 Å². The van der Waals surface area contributed by atoms with Crippen LogP contribution in [0, 0.1) is 5.92 Å². The molecule has 236 valence electrons. The maximum absolute atomic E-state index is 13.8. The maximum atomic E-state index is 13.8. The first kappa shape index (κ1) is 31.4. The van der Waals surface area contributed by atoms with Gasteiger partial charge in [-0.15, -0.1) is 0 Å². The van der Waals surface area contributed by atoms with Gasteiger partial charge in [0.2, 0.25) is 5.91 Å². The molecule has 5 rings (SSSR count). The molecule has 2 heterocycles. The molecule has 10 heteroatoms. The molecular formula is C34H45N5O5. The average Bonchev–Trinajstić information content (AvgIpc) is 3.33. The highest BCUT2D eigenvalue weighted by Gasteiger charge is 2.34. The molecule has 3 N–H and O–H groups in total. The molecule has 0 spiro atoms. The van der Waals surface area contributed by atoms with E-state index in [0.29, 0.717) is 30.1 Å². The zero-order valence-corrected chi connectivity index (χ0v) is 26.2. The van der Waals surface area contributed by atoms with Crippen LogP contribution >= 0.6 is 0 Å². The molecule has 1 aliphatic heterocycles. The van der Waals surface area contributed by atoms with E-state index >= 15 is 0 Å². The number of aryl methyl sites for hydroxylation is 1. The molecule has 2 aromatic carbocycles. The van der Waals surface area contributed by atoms with Gasteiger partial charge in [-0.05, 0) is 49.6 Å². The second-order valence-electron chi connectivity index (χ2n) is 12.5. The number of carbonyl (C=O) groups is 3. The molecule has 0 unspecified atom stereocenters. The second-order valence-corrected chi connectivity index (χ2v) is 12.5. The van der Waals surface area contributed by atoms with Gasteiger partial charge < -0.3 is 34.8 Å². The maximum Gasteiger partial charge on any atom is 0.317 e. The summed E-state index contributed by atoms with van der Waals surface area (Å²) < 4.78 is 8.46. The number of rotatable bonds is 8. The minimum atomic E-state index is -0.423. The zero-order valence-electron chi connectivity index (χ0n) is 26.2. The Morgan fingerprint density at radius 3 is 2.64 bits per heavy atom. The van der Waals surface area contributed by atoms with E-state index in [1.165, 1.54) is 6.42 Å². The summed E-state index contributed by atoms with van der Waals surface area (Å²) in [4.78, 5) is 43.3. The number of hydrogen-bond donors (Lipinski definition) is 3. The molecule has 1 saturated carbocycles. The standard InChI is InChI=1S/C34H45N5O5/c1-22-18-39(23(2)21-40)33(42)28-17-26(35-32(41)16-24-19-37(3)29-13-9-8-12-27(24)29)14-15-30(28)44-31(22)20-38(4)34(43)36-25-10-6-5-7-11-25/h8-9,12-15,17,19,22-23,25,31,40H,5-7,10-11,16,18,20-21H2,1-4H3,(H,35,41)(H,36,43)/t22-,23+,31+/m1/s1. The Morgan fingerprint density at radius 2 is 1.89 bits per heavy atom. The first-order valence-corrected chi connectivity index (χ1v) is 15.7. The van der Waals surface area contributed by atoms with Crippen molar-refractivity contribution in [3.8, 4) is 5.75 Å². The summed E-state index contributed by atoms with van der Waals surface area (Å²) in [6.07, 6.45) is 7.23. The van der Waals surface area contributed by atoms with Gasteiger partial charge in [-0.2, -0.15) is 0 Å². The predicted octanol–water partition coefficient (Wildman–Crippen LogP) is 4.55. The average molecular weight is 604 g/mol. The van der Waals surface area contributed by atoms with Crippen molar-refractivity contribution in [3.63, 3.8) is 0 Å². The molecule has 2 aliphatic rings. The normalized spacial score (nSPS) is 19.8. The predicted molar refractivity (Wildman–Crippen MR) is 171 cm³/mol. The van der Waals surface area contributed by atoms with Crippen LogP contribution in [0.15, 0.2) is 48.7 Å². The highest BCUT2D eigenvalue weighted by atomic mass is 16.5. The topological polar surface area (TPSA) is 116 Å². The number of ether oxygens (including phenoxy) is 1. The smallest absolute Gasteiger partial charge is 0.317 e. The number of hydrogen-bond acceptors (Lipinski definition) is 5. The minimum Gasteiger partial charge on any atom is -0.487 e. The molecule has 1 aromatic heterocycles. The van der Waals surface area contributed by atoms with Crippen LogP contribution in [-0.4, -0.2) is 82.3 Å². The van der Waals surface area contributed by atoms with Gasteiger partial charge in [0, 0.05) is 55.4 Å². The number of fused-ring (bicyclic) bond motifs is 2. The Kier molecular flexibility index (Phi) is 9.78. The summed E-state index contributed by atoms with van der Waals surface area (Å²) in [6, 6.07) is 12.7. The summed E-state index contributed by atoms with van der Waals surface area (Å²) in [6.45, 7) is 4.29. The lowest BCUT2D eigenvalue weighted by Crippen LogP contribution is -2.52. The highest BCUT2D eigenvalue weighted by Crippen LogP contribution is 2.31. The number of aromatic nitrogens is 1. The molecule has 1 aliphatic carbocycles. The Bertz CT molecular complexity index is 1500. The third kappa shape index (κ3) is 7.01. The Morgan fingerprint density at radius 1 is 1.14 bits per heavy atom. The van der Waals surface area contributed by atoms with Crippen molar-refractivity contribution >= 4 is 34.4 Å². The quantitative estimate of drug-likeness (QED) is 0.349. The number of nitrogens with one attached hydrogen (secondary N) is 2. The van der Waals surface area contributed by atoms with E-state index in [2.05, 4.69) is 10.6 Å². The zero-order chi connectivity index (χ0) is 31.4. The summed E-state index contributed by atoms with van der Waals surface area (Å²) in [7, 11) is 3.72. The van der Waals surface area contributed by atoms with Crippen molar-refractivity contribution in [3.05, 3.63) is 59.8 Å². The van der Waals surface area contributed by atoms with Gasteiger partial charge in [0.05, 0.1) is 31.2 Å². The van der Waals surface area contributed by atoms with Crippen LogP contribution in [0.5, 0.6) is 5.75 Å². The van der Waals surface area contributed by atoms with Crippen LogP contribution in [0.4, 0.5) is 10.5 Å². The van der Waals surface area contributed by atoms with Crippen molar-refractivity contribution in [1.82, 2.24) is 19.7 Å². The van der Waals surface area contributed by atoms with E-state index in [1.807, 2.05) is 49.0 Å². The van der Waals surface area contributed by atoms with E-state index in [0.717, 1.165) is 42.1 Å². The van der Waals surface area contributed by atoms with Crippen molar-refractivity contribution in [1.29, 1.82) is 0 Å². The van der Waals surface area contributed by atoms with Gasteiger partial charge in [-0.1, -0.05) is 44.4 Å². The van der Waals surface area contributed by atoms with Gasteiger partial charge >= 0.3 is 6.03 Å². The molecule has 3 atom stereocenters. The SMILES string of the molecule is C[C@@H]1CN([C@@H](C)CO)C(=O)c2cc(NC(=O)Cc3cn(C)c4ccccc34)ccc2O[C@H]1CN(C)C(=O)NC1CCCCC1. The first-order chi connectivity index (χ1) is 21.1. The lowest BCUT2D eigenvalue weighted by Gasteiger charge is -2.38. The molecule has 3 aromatic rings. The molecule has 44 heavy (non-hydrogen) atoms. The van der Waals surface area contributed by atoms with Crippen molar-refractivity contribution < 1.29 is 24.2 Å². The van der Waals surface area contributed by atoms with Gasteiger partial charge in [-0.25, -0.2) is 4.79 Å². The largest absolute Gasteiger partial charge is 0.487 e. The molecule has 0 bridgehead atoms. The molecule has 0 radical (unpaired) electrons. The highest BCUT2D eigenvalue weighted by molar-refractivity contribution is 6.00. The third-order valence-corrected chi connectivity index (χ3v) is 9.01. The summed E-state index contributed by atoms with van der Waals surface area (Å²) in [5.41, 5.74) is 2.76. The summed E-state index contributed by atoms with van der Waals surface area (Å²) >= 11 is 0. The van der Waals surface area contributed by atoms with Crippen LogP contribution in [-0.2, 0) is 18.3 Å². The van der Waals surface area contributed by atoms with Gasteiger partial charge in [-0.3, -0.25) is 9.59 Å². The molecule has 4 amide bonds. The number of aliphatic hydroxyl groups is 1. The van der Waals surface area contributed by atoms with E-state index in [9.17, 15) is 19.5 Å². The number of amides is 4. The van der Waals surface area contributed by atoms with E-state index in [1.54, 1.807) is 42.0 Å². The van der Waals surface area contributed by atoms with Crippen molar-refractivity contribution in [2.24, 2.45) is 13.0 Å². The van der Waals surface area contributed by atoms with Crippen molar-refractivity contribution in [2.45, 2.75) is 70.6 Å². The second kappa shape index (κ2) is 13.7. The first-order valence-electron chi connectivity index (χ1n) is 15.7. The third-order valence-electron chi connectivity index (χ3n) is 9.01. The number of aliphatic hydroxyl groups excluding tert-OH is 1. The van der Waals surface area contributed by atoms with Gasteiger partial charge in [0.25, 0.3) is 5.91 Å². The number of likely N-dealkylation sites (N-methyl/N-ethyl adjacent to an activating group) is 1. The van der Waals surface area contributed by atoms with Crippen LogP contribution in [0.1, 0.15) is 61.9 Å². The number of para-hydroxylation sites is 1. The number of benzene rings is 2. The Hall–Kier alpha value is -4.05. The number of nitrogens with zero attached hydrogens (tertiary/aromatic N) is 3. The van der Waals surface area contributed by atoms with Crippen molar-refractivity contribution in [2.75, 3.05) is 32.1 Å². The minimum absolute atomic E-state index is 0.119. The summed E-state index contributed by atoms with van der Waals surface area (Å²) in [5, 5.41) is 17.1. The lowest BCUT2D eigenvalue weighted by molar-refractivity contribution is -0.115. The van der Waals surface area contributed by atoms with Crippen LogP contribution in [0.2, 0.25) is 0 Å². The fraction of sp³-hybridized carbons (Fsp3) is 0.500. The number of carbonyl (C=O) groups excluding carboxylic acids is 3. The van der Waals surface area contributed by atoms with E-state index in [-0.39, 0.29) is 42.8 Å². The molecular weight excluding hydrogens is 558 g/mol. The van der Waals surface area contributed by atoms with E-state index < -0.39 is 12.1 Å². The lowest BCUT2D eigenvalue weighted by atomic mass is 9.96. The van der Waals surface area contributed by atoms with Crippen LogP contribution in [0.3, 0.4) is 0 Å². The monoisotopic (exact) mass is 603 g/mol. The van der Waals surface area contributed by atoms with Gasteiger partial charge in [0.1, 0.15) is 11.9 Å². The number of urea groups is 1. The van der Waals surface area contributed by atoms with Gasteiger partial charge in [0.15, 0.2) is 0 Å². The molecule has 1 fully saturated rings. The summed E-state index contributed by atoms with van der Waals surface area (Å²) in [5.74, 6) is -0.209. The fourth-order valence-electron chi connectivity index (χ4n) is 6.35.